The molecule has 0 fully saturated rings. The summed E-state index contributed by atoms with van der Waals surface area (Å²) in [6.07, 6.45) is 2.63. The van der Waals surface area contributed by atoms with Crippen molar-refractivity contribution in [2.45, 2.75) is 40.7 Å². The van der Waals surface area contributed by atoms with E-state index in [1.807, 2.05) is 15.5 Å². The largest absolute Gasteiger partial charge is 0.383 e. The molecular weight excluding hydrogens is 350 g/mol. The van der Waals surface area contributed by atoms with Gasteiger partial charge in [0.15, 0.2) is 0 Å². The van der Waals surface area contributed by atoms with Crippen molar-refractivity contribution in [3.8, 4) is 0 Å². The van der Waals surface area contributed by atoms with Crippen molar-refractivity contribution >= 4 is 22.6 Å². The molecule has 0 atom stereocenters. The van der Waals surface area contributed by atoms with Gasteiger partial charge in [-0.2, -0.15) is 0 Å². The number of carbonyl (C=O) groups is 1. The van der Waals surface area contributed by atoms with E-state index in [-0.39, 0.29) is 12.5 Å². The standard InChI is InChI=1S/C23H29N3O2/c1-6-19-9-7-8-16(2)23(19)26(10-11-28-5)22(27)14-25-15-24-20-12-17(3)18(4)13-21(20)25/h7-9,12-13,15H,6,10-11,14H2,1-5H3. The number of para-hydroxylation sites is 1. The number of carbonyl (C=O) groups excluding carboxylic acids is 1. The summed E-state index contributed by atoms with van der Waals surface area (Å²) in [6, 6.07) is 10.4. The third-order valence-corrected chi connectivity index (χ3v) is 5.33. The average molecular weight is 380 g/mol. The van der Waals surface area contributed by atoms with E-state index in [9.17, 15) is 4.79 Å². The van der Waals surface area contributed by atoms with E-state index in [0.29, 0.717) is 13.2 Å². The van der Waals surface area contributed by atoms with Crippen LogP contribution in [0.3, 0.4) is 0 Å². The Labute approximate surface area is 166 Å². The van der Waals surface area contributed by atoms with Gasteiger partial charge in [-0.25, -0.2) is 4.98 Å². The molecule has 1 heterocycles. The molecule has 148 valence electrons. The van der Waals surface area contributed by atoms with Crippen LogP contribution in [0.15, 0.2) is 36.7 Å². The van der Waals surface area contributed by atoms with Crippen molar-refractivity contribution in [1.29, 1.82) is 0 Å². The van der Waals surface area contributed by atoms with Crippen molar-refractivity contribution in [2.75, 3.05) is 25.2 Å². The molecule has 0 N–H and O–H groups in total. The summed E-state index contributed by atoms with van der Waals surface area (Å²) in [5.41, 5.74) is 7.59. The first-order valence-electron chi connectivity index (χ1n) is 9.76. The van der Waals surface area contributed by atoms with Gasteiger partial charge in [-0.3, -0.25) is 4.79 Å². The Bertz CT molecular complexity index is 991. The molecule has 0 bridgehead atoms. The Morgan fingerprint density at radius 2 is 1.89 bits per heavy atom. The molecule has 0 saturated carbocycles. The quantitative estimate of drug-likeness (QED) is 0.618. The first-order valence-corrected chi connectivity index (χ1v) is 9.76. The second kappa shape index (κ2) is 8.57. The summed E-state index contributed by atoms with van der Waals surface area (Å²) in [5, 5.41) is 0. The molecule has 5 heteroatoms. The van der Waals surface area contributed by atoms with Crippen molar-refractivity contribution in [2.24, 2.45) is 0 Å². The maximum absolute atomic E-state index is 13.4. The highest BCUT2D eigenvalue weighted by Crippen LogP contribution is 2.27. The van der Waals surface area contributed by atoms with Crippen LogP contribution in [0, 0.1) is 20.8 Å². The third-order valence-electron chi connectivity index (χ3n) is 5.33. The lowest BCUT2D eigenvalue weighted by Gasteiger charge is -2.27. The molecule has 0 aliphatic rings. The lowest BCUT2D eigenvalue weighted by molar-refractivity contribution is -0.119. The minimum absolute atomic E-state index is 0.0404. The van der Waals surface area contributed by atoms with Crippen LogP contribution in [0.4, 0.5) is 5.69 Å². The number of hydrogen-bond donors (Lipinski definition) is 0. The van der Waals surface area contributed by atoms with Crippen LogP contribution < -0.4 is 4.90 Å². The van der Waals surface area contributed by atoms with Gasteiger partial charge in [-0.15, -0.1) is 0 Å². The van der Waals surface area contributed by atoms with E-state index >= 15 is 0 Å². The molecule has 3 rings (SSSR count). The lowest BCUT2D eigenvalue weighted by atomic mass is 10.0. The van der Waals surface area contributed by atoms with Gasteiger partial charge in [0.2, 0.25) is 5.91 Å². The van der Waals surface area contributed by atoms with Crippen LogP contribution in [0.1, 0.15) is 29.2 Å². The van der Waals surface area contributed by atoms with Crippen molar-refractivity contribution in [3.05, 3.63) is 58.9 Å². The van der Waals surface area contributed by atoms with Gasteiger partial charge in [0.05, 0.1) is 24.0 Å². The van der Waals surface area contributed by atoms with Crippen LogP contribution in [-0.2, 0) is 22.5 Å². The van der Waals surface area contributed by atoms with Crippen LogP contribution >= 0.6 is 0 Å². The fourth-order valence-electron chi connectivity index (χ4n) is 3.61. The Hall–Kier alpha value is -2.66. The van der Waals surface area contributed by atoms with E-state index in [0.717, 1.165) is 28.7 Å². The van der Waals surface area contributed by atoms with Gasteiger partial charge < -0.3 is 14.2 Å². The first kappa shape index (κ1) is 20.1. The van der Waals surface area contributed by atoms with Gasteiger partial charge >= 0.3 is 0 Å². The number of aromatic nitrogens is 2. The number of methoxy groups -OCH3 is 1. The predicted octanol–water partition coefficient (Wildman–Crippen LogP) is 4.20. The molecule has 0 aliphatic carbocycles. The van der Waals surface area contributed by atoms with Crippen LogP contribution in [0.25, 0.3) is 11.0 Å². The Kier molecular flexibility index (Phi) is 6.15. The van der Waals surface area contributed by atoms with Gasteiger partial charge in [0.25, 0.3) is 0 Å². The van der Waals surface area contributed by atoms with E-state index in [4.69, 9.17) is 4.74 Å². The third kappa shape index (κ3) is 3.94. The second-order valence-electron chi connectivity index (χ2n) is 7.27. The second-order valence-corrected chi connectivity index (χ2v) is 7.27. The Morgan fingerprint density at radius 1 is 1.14 bits per heavy atom. The molecule has 2 aromatic carbocycles. The fourth-order valence-corrected chi connectivity index (χ4v) is 3.61. The number of ether oxygens (including phenoxy) is 1. The van der Waals surface area contributed by atoms with Gasteiger partial charge in [-0.1, -0.05) is 25.1 Å². The molecule has 0 saturated heterocycles. The lowest BCUT2D eigenvalue weighted by Crippen LogP contribution is -2.37. The molecule has 1 aromatic heterocycles. The highest BCUT2D eigenvalue weighted by molar-refractivity contribution is 5.95. The highest BCUT2D eigenvalue weighted by Gasteiger charge is 2.21. The molecule has 0 unspecified atom stereocenters. The maximum Gasteiger partial charge on any atom is 0.247 e. The minimum atomic E-state index is 0.0404. The summed E-state index contributed by atoms with van der Waals surface area (Å²) in [5.74, 6) is 0.0404. The summed E-state index contributed by atoms with van der Waals surface area (Å²) in [6.45, 7) is 9.60. The van der Waals surface area contributed by atoms with Crippen molar-refractivity contribution < 1.29 is 9.53 Å². The minimum Gasteiger partial charge on any atom is -0.383 e. The zero-order valence-electron chi connectivity index (χ0n) is 17.5. The molecule has 0 spiro atoms. The van der Waals surface area contributed by atoms with Crippen LogP contribution in [0.5, 0.6) is 0 Å². The van der Waals surface area contributed by atoms with Crippen LogP contribution in [0.2, 0.25) is 0 Å². The smallest absolute Gasteiger partial charge is 0.247 e. The molecule has 5 nitrogen and oxygen atoms in total. The summed E-state index contributed by atoms with van der Waals surface area (Å²) < 4.78 is 7.22. The number of nitrogens with zero attached hydrogens (tertiary/aromatic N) is 3. The van der Waals surface area contributed by atoms with E-state index in [1.54, 1.807) is 13.4 Å². The molecule has 28 heavy (non-hydrogen) atoms. The number of anilines is 1. The number of fused-ring (bicyclic) bond motifs is 1. The number of benzene rings is 2. The zero-order valence-corrected chi connectivity index (χ0v) is 17.5. The van der Waals surface area contributed by atoms with E-state index in [1.165, 1.54) is 16.7 Å². The SMILES string of the molecule is CCc1cccc(C)c1N(CCOC)C(=O)Cn1cnc2cc(C)c(C)cc21. The number of amides is 1. The van der Waals surface area contributed by atoms with E-state index in [2.05, 4.69) is 56.9 Å². The normalized spacial score (nSPS) is 11.2. The topological polar surface area (TPSA) is 47.4 Å². The van der Waals surface area contributed by atoms with Crippen molar-refractivity contribution in [1.82, 2.24) is 9.55 Å². The molecule has 3 aromatic rings. The molecular formula is C23H29N3O2. The molecule has 0 aliphatic heterocycles. The fraction of sp³-hybridized carbons (Fsp3) is 0.391. The summed E-state index contributed by atoms with van der Waals surface area (Å²) in [7, 11) is 1.66. The van der Waals surface area contributed by atoms with Gasteiger partial charge in [0, 0.05) is 19.3 Å². The molecule has 0 radical (unpaired) electrons. The van der Waals surface area contributed by atoms with E-state index < -0.39 is 0 Å². The van der Waals surface area contributed by atoms with Crippen molar-refractivity contribution in [3.63, 3.8) is 0 Å². The number of aryl methyl sites for hydroxylation is 4. The monoisotopic (exact) mass is 379 g/mol. The first-order chi connectivity index (χ1) is 13.5. The highest BCUT2D eigenvalue weighted by atomic mass is 16.5. The number of imidazole rings is 1. The number of hydrogen-bond acceptors (Lipinski definition) is 3. The average Bonchev–Trinajstić information content (AvgIpc) is 3.04. The van der Waals surface area contributed by atoms with Gasteiger partial charge in [-0.05, 0) is 61.6 Å². The Morgan fingerprint density at radius 3 is 2.61 bits per heavy atom. The summed E-state index contributed by atoms with van der Waals surface area (Å²) >= 11 is 0. The Balaban J connectivity index is 1.96. The molecule has 1 amide bonds. The summed E-state index contributed by atoms with van der Waals surface area (Å²) in [4.78, 5) is 19.7. The predicted molar refractivity (Wildman–Crippen MR) is 114 cm³/mol. The van der Waals surface area contributed by atoms with Gasteiger partial charge in [0.1, 0.15) is 6.54 Å². The number of rotatable bonds is 7. The van der Waals surface area contributed by atoms with Crippen LogP contribution in [-0.4, -0.2) is 35.7 Å². The maximum atomic E-state index is 13.4. The zero-order chi connectivity index (χ0) is 20.3.